The predicted octanol–water partition coefficient (Wildman–Crippen LogP) is 3.24. The molecule has 8 nitrogen and oxygen atoms in total. The largest absolute Gasteiger partial charge is 0.486 e. The molecule has 4 rings (SSSR count). The van der Waals surface area contributed by atoms with Crippen molar-refractivity contribution in [3.8, 4) is 17.2 Å². The molecule has 150 valence electrons. The summed E-state index contributed by atoms with van der Waals surface area (Å²) in [6.07, 6.45) is 0. The molecule has 1 N–H and O–H groups in total. The number of amides is 1. The zero-order valence-electron chi connectivity index (χ0n) is 16.0. The van der Waals surface area contributed by atoms with Gasteiger partial charge in [-0.3, -0.25) is 4.79 Å². The zero-order valence-corrected chi connectivity index (χ0v) is 16.8. The Balaban J connectivity index is 1.35. The summed E-state index contributed by atoms with van der Waals surface area (Å²) in [6, 6.07) is 14.8. The van der Waals surface area contributed by atoms with Crippen LogP contribution in [0.4, 0.5) is 5.69 Å². The van der Waals surface area contributed by atoms with E-state index in [4.69, 9.17) is 14.2 Å². The molecule has 0 fully saturated rings. The van der Waals surface area contributed by atoms with Crippen molar-refractivity contribution in [2.45, 2.75) is 23.9 Å². The molecule has 0 saturated carbocycles. The topological polar surface area (TPSA) is 87.5 Å². The monoisotopic (exact) mass is 412 g/mol. The van der Waals surface area contributed by atoms with Crippen LogP contribution in [0.2, 0.25) is 0 Å². The highest BCUT2D eigenvalue weighted by Crippen LogP contribution is 2.34. The van der Waals surface area contributed by atoms with Gasteiger partial charge < -0.3 is 24.1 Å². The van der Waals surface area contributed by atoms with E-state index in [2.05, 4.69) is 15.5 Å². The summed E-state index contributed by atoms with van der Waals surface area (Å²) in [4.78, 5) is 12.6. The molecule has 1 aliphatic heterocycles. The van der Waals surface area contributed by atoms with Gasteiger partial charge in [-0.25, -0.2) is 0 Å². The Hall–Kier alpha value is -3.20. The molecule has 0 spiro atoms. The van der Waals surface area contributed by atoms with Gasteiger partial charge in [-0.05, 0) is 31.2 Å². The van der Waals surface area contributed by atoms with Crippen LogP contribution in [-0.2, 0) is 18.4 Å². The molecule has 2 aromatic carbocycles. The molecular weight excluding hydrogens is 392 g/mol. The van der Waals surface area contributed by atoms with E-state index >= 15 is 0 Å². The molecule has 3 aromatic rings. The first kappa shape index (κ1) is 19.1. The molecule has 0 unspecified atom stereocenters. The van der Waals surface area contributed by atoms with Gasteiger partial charge in [-0.1, -0.05) is 30.0 Å². The second-order valence-corrected chi connectivity index (χ2v) is 7.68. The number of hydrogen-bond donors (Lipinski definition) is 1. The lowest BCUT2D eigenvalue weighted by atomic mass is 10.2. The van der Waals surface area contributed by atoms with Crippen molar-refractivity contribution in [3.63, 3.8) is 0 Å². The summed E-state index contributed by atoms with van der Waals surface area (Å²) < 4.78 is 18.2. The van der Waals surface area contributed by atoms with Crippen LogP contribution in [0.5, 0.6) is 17.2 Å². The fourth-order valence-corrected chi connectivity index (χ4v) is 3.50. The van der Waals surface area contributed by atoms with E-state index in [0.29, 0.717) is 34.8 Å². The molecule has 0 radical (unpaired) electrons. The Labute approximate surface area is 172 Å². The van der Waals surface area contributed by atoms with Crippen molar-refractivity contribution in [2.75, 3.05) is 12.1 Å². The number of aromatic nitrogens is 3. The van der Waals surface area contributed by atoms with Gasteiger partial charge in [0.1, 0.15) is 12.4 Å². The molecule has 1 atom stereocenters. The molecule has 1 amide bonds. The summed E-state index contributed by atoms with van der Waals surface area (Å²) in [7, 11) is 1.86. The lowest BCUT2D eigenvalue weighted by Crippen LogP contribution is -2.22. The first-order valence-corrected chi connectivity index (χ1v) is 9.91. The Morgan fingerprint density at radius 2 is 2.00 bits per heavy atom. The fraction of sp³-hybridized carbons (Fsp3) is 0.250. The molecular formula is C20H20N4O4S. The summed E-state index contributed by atoms with van der Waals surface area (Å²) in [5, 5.41) is 11.5. The number of ether oxygens (including phenoxy) is 3. The van der Waals surface area contributed by atoms with Gasteiger partial charge >= 0.3 is 0 Å². The number of fused-ring (bicyclic) bond motifs is 1. The van der Waals surface area contributed by atoms with Crippen molar-refractivity contribution < 1.29 is 19.0 Å². The van der Waals surface area contributed by atoms with E-state index in [1.54, 1.807) is 18.2 Å². The van der Waals surface area contributed by atoms with Gasteiger partial charge in [0.05, 0.1) is 5.25 Å². The molecule has 0 saturated heterocycles. The minimum absolute atomic E-state index is 0.140. The maximum atomic E-state index is 12.6. The number of rotatable bonds is 7. The summed E-state index contributed by atoms with van der Waals surface area (Å²) in [5.74, 6) is 2.61. The lowest BCUT2D eigenvalue weighted by molar-refractivity contribution is -0.115. The second kappa shape index (κ2) is 8.44. The standard InChI is InChI=1S/C20H20N4O4S/c1-13(19(25)21-14-8-9-16-17(10-14)28-12-27-16)29-20-23-22-18(24(20)2)11-26-15-6-4-3-5-7-15/h3-10,13H,11-12H2,1-2H3,(H,21,25)/t13-/m0/s1. The van der Waals surface area contributed by atoms with E-state index in [1.165, 1.54) is 11.8 Å². The van der Waals surface area contributed by atoms with Crippen molar-refractivity contribution in [1.82, 2.24) is 14.8 Å². The number of para-hydroxylation sites is 1. The third kappa shape index (κ3) is 4.45. The number of anilines is 1. The maximum Gasteiger partial charge on any atom is 0.237 e. The molecule has 2 heterocycles. The quantitative estimate of drug-likeness (QED) is 0.596. The van der Waals surface area contributed by atoms with Crippen molar-refractivity contribution in [1.29, 1.82) is 0 Å². The Bertz CT molecular complexity index is 1010. The van der Waals surface area contributed by atoms with E-state index in [9.17, 15) is 4.79 Å². The second-order valence-electron chi connectivity index (χ2n) is 6.38. The summed E-state index contributed by atoms with van der Waals surface area (Å²) in [5.41, 5.74) is 0.654. The number of benzene rings is 2. The van der Waals surface area contributed by atoms with Gasteiger partial charge in [0.25, 0.3) is 0 Å². The van der Waals surface area contributed by atoms with Gasteiger partial charge in [-0.2, -0.15) is 0 Å². The molecule has 29 heavy (non-hydrogen) atoms. The maximum absolute atomic E-state index is 12.6. The smallest absolute Gasteiger partial charge is 0.237 e. The number of carbonyl (C=O) groups is 1. The third-order valence-electron chi connectivity index (χ3n) is 4.33. The summed E-state index contributed by atoms with van der Waals surface area (Å²) >= 11 is 1.33. The SMILES string of the molecule is C[C@H](Sc1nnc(COc2ccccc2)n1C)C(=O)Nc1ccc2c(c1)OCO2. The van der Waals surface area contributed by atoms with Crippen LogP contribution in [0.25, 0.3) is 0 Å². The van der Waals surface area contributed by atoms with Crippen molar-refractivity contribution in [3.05, 3.63) is 54.4 Å². The van der Waals surface area contributed by atoms with E-state index in [-0.39, 0.29) is 18.0 Å². The highest BCUT2D eigenvalue weighted by atomic mass is 32.2. The zero-order chi connectivity index (χ0) is 20.2. The van der Waals surface area contributed by atoms with E-state index in [1.807, 2.05) is 48.9 Å². The first-order valence-electron chi connectivity index (χ1n) is 9.03. The summed E-state index contributed by atoms with van der Waals surface area (Å²) in [6.45, 7) is 2.31. The van der Waals surface area contributed by atoms with E-state index < -0.39 is 0 Å². The van der Waals surface area contributed by atoms with Crippen LogP contribution in [0.15, 0.2) is 53.7 Å². The number of nitrogens with one attached hydrogen (secondary N) is 1. The molecule has 9 heteroatoms. The van der Waals surface area contributed by atoms with Crippen molar-refractivity contribution in [2.24, 2.45) is 7.05 Å². The van der Waals surface area contributed by atoms with Gasteiger partial charge in [-0.15, -0.1) is 10.2 Å². The van der Waals surface area contributed by atoms with Crippen molar-refractivity contribution >= 4 is 23.4 Å². The van der Waals surface area contributed by atoms with Crippen LogP contribution < -0.4 is 19.5 Å². The van der Waals surface area contributed by atoms with Crippen LogP contribution in [0.3, 0.4) is 0 Å². The Morgan fingerprint density at radius 3 is 2.83 bits per heavy atom. The van der Waals surface area contributed by atoms with Crippen LogP contribution >= 0.6 is 11.8 Å². The van der Waals surface area contributed by atoms with Gasteiger partial charge in [0.15, 0.2) is 22.5 Å². The van der Waals surface area contributed by atoms with Crippen LogP contribution in [0.1, 0.15) is 12.7 Å². The minimum atomic E-state index is -0.369. The predicted molar refractivity (Wildman–Crippen MR) is 108 cm³/mol. The third-order valence-corrected chi connectivity index (χ3v) is 5.46. The molecule has 0 bridgehead atoms. The molecule has 1 aliphatic rings. The number of nitrogens with zero attached hydrogens (tertiary/aromatic N) is 3. The van der Waals surface area contributed by atoms with E-state index in [0.717, 1.165) is 5.75 Å². The molecule has 1 aromatic heterocycles. The first-order chi connectivity index (χ1) is 14.1. The number of thioether (sulfide) groups is 1. The molecule has 0 aliphatic carbocycles. The minimum Gasteiger partial charge on any atom is -0.486 e. The number of hydrogen-bond acceptors (Lipinski definition) is 7. The van der Waals surface area contributed by atoms with Crippen LogP contribution in [0, 0.1) is 0 Å². The Morgan fingerprint density at radius 1 is 1.21 bits per heavy atom. The van der Waals surface area contributed by atoms with Gasteiger partial charge in [0, 0.05) is 18.8 Å². The Kier molecular flexibility index (Phi) is 5.57. The highest BCUT2D eigenvalue weighted by Gasteiger charge is 2.20. The van der Waals surface area contributed by atoms with Crippen LogP contribution in [-0.4, -0.2) is 32.7 Å². The normalized spacial score (nSPS) is 13.2. The average Bonchev–Trinajstić information content (AvgIpc) is 3.34. The van der Waals surface area contributed by atoms with Gasteiger partial charge in [0.2, 0.25) is 12.7 Å². The number of carbonyl (C=O) groups excluding carboxylic acids is 1. The lowest BCUT2D eigenvalue weighted by Gasteiger charge is -2.12. The highest BCUT2D eigenvalue weighted by molar-refractivity contribution is 8.00. The average molecular weight is 412 g/mol. The fourth-order valence-electron chi connectivity index (χ4n) is 2.67.